The summed E-state index contributed by atoms with van der Waals surface area (Å²) in [7, 11) is 0. The number of hydrogen-bond donors (Lipinski definition) is 0. The zero-order chi connectivity index (χ0) is 16.3. The van der Waals surface area contributed by atoms with Crippen LogP contribution < -0.4 is 4.74 Å². The summed E-state index contributed by atoms with van der Waals surface area (Å²) in [5, 5.41) is 5.74. The molecule has 0 saturated carbocycles. The predicted octanol–water partition coefficient (Wildman–Crippen LogP) is 5.22. The van der Waals surface area contributed by atoms with Gasteiger partial charge in [0.05, 0.1) is 6.20 Å². The van der Waals surface area contributed by atoms with E-state index in [-0.39, 0.29) is 12.1 Å². The van der Waals surface area contributed by atoms with Gasteiger partial charge in [-0.15, -0.1) is 0 Å². The Morgan fingerprint density at radius 1 is 1.09 bits per heavy atom. The Bertz CT molecular complexity index is 710. The average Bonchev–Trinajstić information content (AvgIpc) is 3.01. The first kappa shape index (κ1) is 16.3. The number of aryl methyl sites for hydroxylation is 1. The summed E-state index contributed by atoms with van der Waals surface area (Å²) in [4.78, 5) is 0. The van der Waals surface area contributed by atoms with Gasteiger partial charge in [0.1, 0.15) is 23.4 Å². The van der Waals surface area contributed by atoms with Crippen LogP contribution in [0.1, 0.15) is 46.2 Å². The average molecular weight is 298 g/mol. The molecule has 2 heterocycles. The highest BCUT2D eigenvalue weighted by Crippen LogP contribution is 2.39. The Hall–Kier alpha value is -2.03. The lowest BCUT2D eigenvalue weighted by atomic mass is 9.99. The lowest BCUT2D eigenvalue weighted by Crippen LogP contribution is -2.32. The van der Waals surface area contributed by atoms with E-state index in [1.165, 1.54) is 16.5 Å². The Balaban J connectivity index is 0.000000410. The summed E-state index contributed by atoms with van der Waals surface area (Å²) in [5.74, 6) is 0.939. The molecule has 2 aromatic rings. The van der Waals surface area contributed by atoms with E-state index in [2.05, 4.69) is 47.9 Å². The third-order valence-electron chi connectivity index (χ3n) is 3.80. The van der Waals surface area contributed by atoms with Crippen molar-refractivity contribution < 1.29 is 4.74 Å². The molecule has 0 saturated heterocycles. The Morgan fingerprint density at radius 2 is 1.82 bits per heavy atom. The molecule has 3 heteroatoms. The molecule has 118 valence electrons. The van der Waals surface area contributed by atoms with Gasteiger partial charge in [0, 0.05) is 5.39 Å². The van der Waals surface area contributed by atoms with Gasteiger partial charge in [-0.3, -0.25) is 4.68 Å². The molecule has 2 unspecified atom stereocenters. The van der Waals surface area contributed by atoms with E-state index in [1.54, 1.807) is 0 Å². The van der Waals surface area contributed by atoms with Gasteiger partial charge in [-0.05, 0) is 31.6 Å². The molecule has 22 heavy (non-hydrogen) atoms. The third kappa shape index (κ3) is 2.56. The third-order valence-corrected chi connectivity index (χ3v) is 3.80. The summed E-state index contributed by atoms with van der Waals surface area (Å²) in [5.41, 5.74) is 3.61. The van der Waals surface area contributed by atoms with E-state index >= 15 is 0 Å². The van der Waals surface area contributed by atoms with Crippen molar-refractivity contribution in [3.8, 4) is 5.75 Å². The van der Waals surface area contributed by atoms with Crippen molar-refractivity contribution in [1.29, 1.82) is 0 Å². The quantitative estimate of drug-likeness (QED) is 0.667. The normalized spacial score (nSPS) is 20.7. The summed E-state index contributed by atoms with van der Waals surface area (Å²) >= 11 is 0. The van der Waals surface area contributed by atoms with Crippen LogP contribution in [0.15, 0.2) is 42.1 Å². The maximum absolute atomic E-state index is 6.10. The van der Waals surface area contributed by atoms with Crippen LogP contribution in [0.5, 0.6) is 5.75 Å². The Labute approximate surface area is 133 Å². The zero-order valence-corrected chi connectivity index (χ0v) is 14.4. The molecular weight excluding hydrogens is 272 g/mol. The smallest absolute Gasteiger partial charge is 0.146 e. The minimum Gasteiger partial charge on any atom is -0.481 e. The highest BCUT2D eigenvalue weighted by Gasteiger charge is 2.31. The van der Waals surface area contributed by atoms with Crippen LogP contribution >= 0.6 is 0 Å². The molecule has 2 atom stereocenters. The fourth-order valence-electron chi connectivity index (χ4n) is 2.83. The lowest BCUT2D eigenvalue weighted by molar-refractivity contribution is 0.182. The number of nitrogens with zero attached hydrogens (tertiary/aromatic N) is 2. The van der Waals surface area contributed by atoms with Gasteiger partial charge in [0.25, 0.3) is 0 Å². The second kappa shape index (κ2) is 6.82. The molecule has 1 aliphatic carbocycles. The SMILES string of the molecule is CC.CC.CC1=CC2Oc3ccc(C)c4cnn(c34)C2C=C1. The van der Waals surface area contributed by atoms with Crippen molar-refractivity contribution in [3.05, 3.63) is 47.7 Å². The molecule has 0 amide bonds. The summed E-state index contributed by atoms with van der Waals surface area (Å²) in [6, 6.07) is 4.33. The molecule has 1 aliphatic heterocycles. The van der Waals surface area contributed by atoms with Crippen molar-refractivity contribution in [1.82, 2.24) is 9.78 Å². The van der Waals surface area contributed by atoms with E-state index in [1.807, 2.05) is 40.0 Å². The monoisotopic (exact) mass is 298 g/mol. The number of fused-ring (bicyclic) bond motifs is 2. The van der Waals surface area contributed by atoms with Crippen molar-refractivity contribution in [3.63, 3.8) is 0 Å². The molecule has 2 aliphatic rings. The second-order valence-corrected chi connectivity index (χ2v) is 5.07. The van der Waals surface area contributed by atoms with Gasteiger partial charge in [0.15, 0.2) is 0 Å². The molecule has 4 rings (SSSR count). The van der Waals surface area contributed by atoms with Gasteiger partial charge >= 0.3 is 0 Å². The lowest BCUT2D eigenvalue weighted by Gasteiger charge is -2.32. The van der Waals surface area contributed by atoms with Crippen molar-refractivity contribution >= 4 is 10.9 Å². The van der Waals surface area contributed by atoms with Crippen LogP contribution in [0.4, 0.5) is 0 Å². The first-order chi connectivity index (χ1) is 10.7. The van der Waals surface area contributed by atoms with Crippen LogP contribution in [0.3, 0.4) is 0 Å². The number of aromatic nitrogens is 2. The molecule has 1 aromatic heterocycles. The van der Waals surface area contributed by atoms with Gasteiger partial charge in [-0.2, -0.15) is 5.10 Å². The highest BCUT2D eigenvalue weighted by atomic mass is 16.5. The largest absolute Gasteiger partial charge is 0.481 e. The van der Waals surface area contributed by atoms with Crippen LogP contribution in [0.25, 0.3) is 10.9 Å². The Kier molecular flexibility index (Phi) is 5.07. The number of allylic oxidation sites excluding steroid dienone is 2. The molecule has 0 radical (unpaired) electrons. The first-order valence-electron chi connectivity index (χ1n) is 8.24. The first-order valence-corrected chi connectivity index (χ1v) is 8.24. The molecule has 0 spiro atoms. The van der Waals surface area contributed by atoms with Gasteiger partial charge in [0.2, 0.25) is 0 Å². The van der Waals surface area contributed by atoms with Crippen LogP contribution in [-0.2, 0) is 0 Å². The van der Waals surface area contributed by atoms with E-state index in [4.69, 9.17) is 4.74 Å². The second-order valence-electron chi connectivity index (χ2n) is 5.07. The Morgan fingerprint density at radius 3 is 2.55 bits per heavy atom. The van der Waals surface area contributed by atoms with Crippen LogP contribution in [-0.4, -0.2) is 15.9 Å². The number of rotatable bonds is 0. The van der Waals surface area contributed by atoms with Gasteiger partial charge in [-0.1, -0.05) is 51.5 Å². The van der Waals surface area contributed by atoms with Crippen LogP contribution in [0.2, 0.25) is 0 Å². The molecule has 3 nitrogen and oxygen atoms in total. The molecule has 0 bridgehead atoms. The minimum absolute atomic E-state index is 0.0632. The summed E-state index contributed by atoms with van der Waals surface area (Å²) in [6.45, 7) is 12.2. The molecular formula is C19H26N2O. The number of benzene rings is 1. The van der Waals surface area contributed by atoms with E-state index < -0.39 is 0 Å². The molecule has 1 aromatic carbocycles. The predicted molar refractivity (Wildman–Crippen MR) is 93.5 cm³/mol. The topological polar surface area (TPSA) is 27.1 Å². The molecule has 0 fully saturated rings. The molecule has 0 N–H and O–H groups in total. The summed E-state index contributed by atoms with van der Waals surface area (Å²) in [6.07, 6.45) is 8.49. The maximum atomic E-state index is 6.10. The van der Waals surface area contributed by atoms with E-state index in [0.717, 1.165) is 11.3 Å². The summed E-state index contributed by atoms with van der Waals surface area (Å²) < 4.78 is 8.19. The van der Waals surface area contributed by atoms with E-state index in [0.29, 0.717) is 0 Å². The standard InChI is InChI=1S/C15H14N2O.2C2H6/c1-9-3-5-12-14(7-9)18-13-6-4-10(2)11-8-16-17(12)15(11)13;2*1-2/h3-8,12,14H,1-2H3;2*1-2H3. The maximum Gasteiger partial charge on any atom is 0.146 e. The zero-order valence-electron chi connectivity index (χ0n) is 14.4. The number of ether oxygens (including phenoxy) is 1. The fraction of sp³-hybridized carbons (Fsp3) is 0.421. The van der Waals surface area contributed by atoms with Crippen molar-refractivity contribution in [2.75, 3.05) is 0 Å². The van der Waals surface area contributed by atoms with Gasteiger partial charge < -0.3 is 4.74 Å². The van der Waals surface area contributed by atoms with E-state index in [9.17, 15) is 0 Å². The minimum atomic E-state index is 0.0632. The number of hydrogen-bond acceptors (Lipinski definition) is 2. The van der Waals surface area contributed by atoms with Crippen molar-refractivity contribution in [2.24, 2.45) is 0 Å². The van der Waals surface area contributed by atoms with Crippen LogP contribution in [0, 0.1) is 6.92 Å². The van der Waals surface area contributed by atoms with Crippen molar-refractivity contribution in [2.45, 2.75) is 53.7 Å². The fourth-order valence-corrected chi connectivity index (χ4v) is 2.83. The van der Waals surface area contributed by atoms with Gasteiger partial charge in [-0.25, -0.2) is 0 Å². The highest BCUT2D eigenvalue weighted by molar-refractivity contribution is 5.88.